The van der Waals surface area contributed by atoms with Crippen molar-refractivity contribution in [3.05, 3.63) is 358 Å². The summed E-state index contributed by atoms with van der Waals surface area (Å²) in [6.45, 7) is 0. The Morgan fingerprint density at radius 3 is 0.706 bits per heavy atom. The van der Waals surface area contributed by atoms with Crippen LogP contribution in [-0.4, -0.2) is 32.4 Å². The van der Waals surface area contributed by atoms with Gasteiger partial charge in [-0.15, -0.1) is 0 Å². The Hall–Kier alpha value is -13.8. The summed E-state index contributed by atoms with van der Waals surface area (Å²) in [5.74, 6) is 0. The van der Waals surface area contributed by atoms with Crippen molar-refractivity contribution in [2.45, 2.75) is 0 Å². The van der Waals surface area contributed by atoms with E-state index in [4.69, 9.17) is 0 Å². The molecule has 0 saturated heterocycles. The van der Waals surface area contributed by atoms with E-state index in [0.717, 1.165) is 89.6 Å². The van der Waals surface area contributed by atoms with Gasteiger partial charge < -0.3 is 27.4 Å². The maximum absolute atomic E-state index is 4.68. The number of fused-ring (bicyclic) bond motifs is 18. The molecule has 7 aromatic heterocycles. The number of hydrogen-bond acceptors (Lipinski definition) is 1. The van der Waals surface area contributed by atoms with E-state index in [2.05, 4.69) is 372 Å². The van der Waals surface area contributed by atoms with Gasteiger partial charge in [0, 0.05) is 117 Å². The Balaban J connectivity index is 0.659. The van der Waals surface area contributed by atoms with Crippen molar-refractivity contribution in [3.8, 4) is 67.5 Å². The maximum Gasteiger partial charge on any atom is 0.0542 e. The highest BCUT2D eigenvalue weighted by Crippen LogP contribution is 2.44. The topological polar surface area (TPSA) is 42.5 Å². The van der Waals surface area contributed by atoms with Crippen molar-refractivity contribution in [1.82, 2.24) is 32.4 Å². The van der Waals surface area contributed by atoms with Crippen LogP contribution in [0.3, 0.4) is 0 Å². The maximum atomic E-state index is 4.68. The number of hydrogen-bond donors (Lipinski definition) is 0. The van der Waals surface area contributed by atoms with E-state index in [0.29, 0.717) is 0 Å². The Labute approximate surface area is 585 Å². The van der Waals surface area contributed by atoms with Crippen LogP contribution in [0.25, 0.3) is 198 Å². The minimum Gasteiger partial charge on any atom is -0.309 e. The van der Waals surface area contributed by atoms with Crippen LogP contribution < -0.4 is 0 Å². The standard InChI is InChI=1S/C95H59N7/c1-9-27-84-71(19-1)72-20-2-10-28-85(72)99(84)66-44-49-92-80(55-66)81-56-67(100-86-29-11-3-21-73(86)74-22-4-12-30-87(74)100)45-50-93(81)97(92)64-40-35-60(36-41-64)62-39-48-70(79(54-62)63-18-17-53-96-59-63)61-37-42-65(43-38-61)98-94-51-46-68(101-88-31-13-5-23-75(88)76-24-6-14-32-89(76)101)57-82(94)83-58-69(47-52-95(83)98)102-90-33-15-7-25-77(90)78-26-8-16-34-91(78)102/h1-59H. The van der Waals surface area contributed by atoms with E-state index in [1.54, 1.807) is 0 Å². The van der Waals surface area contributed by atoms with Crippen molar-refractivity contribution >= 4 is 131 Å². The fourth-order valence-corrected chi connectivity index (χ4v) is 17.2. The van der Waals surface area contributed by atoms with Gasteiger partial charge in [0.25, 0.3) is 0 Å². The van der Waals surface area contributed by atoms with Crippen molar-refractivity contribution in [2.24, 2.45) is 0 Å². The molecule has 0 fully saturated rings. The SMILES string of the molecule is c1cncc(-c2cc(-c3ccc(-n4c5ccc(-n6c7ccccc7c7ccccc76)cc5c5cc(-n6c7ccccc7c7ccccc76)ccc54)cc3)ccc2-c2ccc(-n3c4ccc(-n5c6ccccc6c6ccccc65)cc4c4cc(-n5c6ccccc6c6ccccc65)ccc43)cc2)c1. The van der Waals surface area contributed by atoms with Crippen LogP contribution >= 0.6 is 0 Å². The van der Waals surface area contributed by atoms with Crippen LogP contribution in [0, 0.1) is 0 Å². The summed E-state index contributed by atoms with van der Waals surface area (Å²) in [7, 11) is 0. The van der Waals surface area contributed by atoms with Gasteiger partial charge in [-0.3, -0.25) is 4.98 Å². The number of benzene rings is 15. The molecule has 0 radical (unpaired) electrons. The second-order valence-electron chi connectivity index (χ2n) is 27.1. The Kier molecular flexibility index (Phi) is 12.1. The zero-order valence-corrected chi connectivity index (χ0v) is 55.2. The van der Waals surface area contributed by atoms with Gasteiger partial charge in [-0.1, -0.05) is 188 Å². The lowest BCUT2D eigenvalue weighted by Crippen LogP contribution is -1.97. The fraction of sp³-hybridized carbons (Fsp3) is 0. The van der Waals surface area contributed by atoms with Gasteiger partial charge in [0.15, 0.2) is 0 Å². The van der Waals surface area contributed by atoms with E-state index in [9.17, 15) is 0 Å². The van der Waals surface area contributed by atoms with Gasteiger partial charge >= 0.3 is 0 Å². The fourth-order valence-electron chi connectivity index (χ4n) is 17.2. The minimum absolute atomic E-state index is 1.06. The summed E-state index contributed by atoms with van der Waals surface area (Å²) in [5.41, 5.74) is 27.4. The molecule has 0 spiro atoms. The first-order valence-corrected chi connectivity index (χ1v) is 35.0. The van der Waals surface area contributed by atoms with E-state index in [1.165, 1.54) is 109 Å². The van der Waals surface area contributed by atoms with Gasteiger partial charge in [0.05, 0.1) is 66.2 Å². The largest absolute Gasteiger partial charge is 0.309 e. The summed E-state index contributed by atoms with van der Waals surface area (Å²) in [6.07, 6.45) is 3.84. The van der Waals surface area contributed by atoms with Gasteiger partial charge in [-0.25, -0.2) is 0 Å². The normalized spacial score (nSPS) is 12.1. The molecule has 0 unspecified atom stereocenters. The molecule has 0 saturated carbocycles. The Bertz CT molecular complexity index is 6680. The summed E-state index contributed by atoms with van der Waals surface area (Å²) < 4.78 is 14.6. The zero-order chi connectivity index (χ0) is 66.7. The van der Waals surface area contributed by atoms with E-state index in [1.807, 2.05) is 18.5 Å². The lowest BCUT2D eigenvalue weighted by atomic mass is 9.91. The predicted molar refractivity (Wildman–Crippen MR) is 427 cm³/mol. The third-order valence-corrected chi connectivity index (χ3v) is 21.7. The summed E-state index contributed by atoms with van der Waals surface area (Å²) in [6, 6.07) is 128. The van der Waals surface area contributed by atoms with Crippen molar-refractivity contribution in [2.75, 3.05) is 0 Å². The van der Waals surface area contributed by atoms with Crippen molar-refractivity contribution < 1.29 is 0 Å². The molecule has 7 nitrogen and oxygen atoms in total. The molecule has 474 valence electrons. The number of rotatable bonds is 9. The molecule has 0 N–H and O–H groups in total. The molecular formula is C95H59N7. The molecule has 0 aliphatic carbocycles. The van der Waals surface area contributed by atoms with Gasteiger partial charge in [0.2, 0.25) is 0 Å². The highest BCUT2D eigenvalue weighted by molar-refractivity contribution is 6.17. The number of pyridine rings is 1. The average Bonchev–Trinajstić information content (AvgIpc) is 1.55. The smallest absolute Gasteiger partial charge is 0.0542 e. The summed E-state index contributed by atoms with van der Waals surface area (Å²) in [4.78, 5) is 4.68. The lowest BCUT2D eigenvalue weighted by molar-refractivity contribution is 1.16. The van der Waals surface area contributed by atoms with Crippen molar-refractivity contribution in [1.29, 1.82) is 0 Å². The van der Waals surface area contributed by atoms with Crippen LogP contribution in [0.15, 0.2) is 358 Å². The zero-order valence-electron chi connectivity index (χ0n) is 55.2. The Morgan fingerprint density at radius 2 is 0.412 bits per heavy atom. The average molecular weight is 1300 g/mol. The molecule has 0 amide bonds. The van der Waals surface area contributed by atoms with Crippen molar-refractivity contribution in [3.63, 3.8) is 0 Å². The molecule has 7 heteroatoms. The summed E-state index contributed by atoms with van der Waals surface area (Å²) in [5, 5.41) is 14.7. The molecule has 0 bridgehead atoms. The molecule has 0 atom stereocenters. The number of aromatic nitrogens is 7. The molecule has 102 heavy (non-hydrogen) atoms. The summed E-state index contributed by atoms with van der Waals surface area (Å²) >= 11 is 0. The number of nitrogens with zero attached hydrogens (tertiary/aromatic N) is 7. The quantitative estimate of drug-likeness (QED) is 0.142. The molecule has 22 aromatic rings. The van der Waals surface area contributed by atoms with Crippen LogP contribution in [-0.2, 0) is 0 Å². The molecular weight excluding hydrogens is 1240 g/mol. The first kappa shape index (κ1) is 56.3. The van der Waals surface area contributed by atoms with E-state index < -0.39 is 0 Å². The van der Waals surface area contributed by atoms with Gasteiger partial charge in [-0.05, 0) is 186 Å². The molecule has 15 aromatic carbocycles. The van der Waals surface area contributed by atoms with Crippen LogP contribution in [0.2, 0.25) is 0 Å². The number of para-hydroxylation sites is 8. The third-order valence-electron chi connectivity index (χ3n) is 21.7. The first-order chi connectivity index (χ1) is 50.6. The second-order valence-corrected chi connectivity index (χ2v) is 27.1. The third kappa shape index (κ3) is 8.27. The molecule has 22 rings (SSSR count). The lowest BCUT2D eigenvalue weighted by Gasteiger charge is -2.15. The minimum atomic E-state index is 1.06. The van der Waals surface area contributed by atoms with Gasteiger partial charge in [0.1, 0.15) is 0 Å². The van der Waals surface area contributed by atoms with E-state index >= 15 is 0 Å². The van der Waals surface area contributed by atoms with Crippen LogP contribution in [0.1, 0.15) is 0 Å². The predicted octanol–water partition coefficient (Wildman–Crippen LogP) is 24.7. The molecule has 7 heterocycles. The Morgan fingerprint density at radius 1 is 0.157 bits per heavy atom. The van der Waals surface area contributed by atoms with Crippen LogP contribution in [0.4, 0.5) is 0 Å². The monoisotopic (exact) mass is 1300 g/mol. The van der Waals surface area contributed by atoms with Crippen LogP contribution in [0.5, 0.6) is 0 Å². The highest BCUT2D eigenvalue weighted by atomic mass is 15.0. The first-order valence-electron chi connectivity index (χ1n) is 35.0. The van der Waals surface area contributed by atoms with E-state index in [-0.39, 0.29) is 0 Å². The second kappa shape index (κ2) is 21.9. The molecule has 0 aliphatic rings. The van der Waals surface area contributed by atoms with Gasteiger partial charge in [-0.2, -0.15) is 0 Å². The highest BCUT2D eigenvalue weighted by Gasteiger charge is 2.23. The molecule has 0 aliphatic heterocycles.